The summed E-state index contributed by atoms with van der Waals surface area (Å²) in [6.07, 6.45) is 0. The van der Waals surface area contributed by atoms with Crippen LogP contribution in [0.2, 0.25) is 0 Å². The Morgan fingerprint density at radius 3 is 2.03 bits per heavy atom. The van der Waals surface area contributed by atoms with Gasteiger partial charge in [-0.3, -0.25) is 0 Å². The zero-order valence-electron chi connectivity index (χ0n) is 22.4. The Hall–Kier alpha value is -4.50. The second-order valence-corrected chi connectivity index (χ2v) is 11.8. The molecule has 0 spiro atoms. The number of anilines is 3. The summed E-state index contributed by atoms with van der Waals surface area (Å²) < 4.78 is 6.87. The summed E-state index contributed by atoms with van der Waals surface area (Å²) in [5, 5.41) is 4.95. The monoisotopic (exact) mass is 501 g/mol. The van der Waals surface area contributed by atoms with Gasteiger partial charge in [0.25, 0.3) is 0 Å². The summed E-state index contributed by atoms with van der Waals surface area (Å²) in [7, 11) is 0. The topological polar surface area (TPSA) is 12.5 Å². The van der Waals surface area contributed by atoms with E-state index in [1.165, 1.54) is 60.5 Å². The second-order valence-electron chi connectivity index (χ2n) is 11.8. The molecule has 0 N–H and O–H groups in total. The van der Waals surface area contributed by atoms with Crippen LogP contribution in [0, 0.1) is 0 Å². The predicted octanol–water partition coefficient (Wildman–Crippen LogP) is 8.24. The normalized spacial score (nSPS) is 13.6. The first-order chi connectivity index (χ1) is 19.0. The van der Waals surface area contributed by atoms with E-state index >= 15 is 0 Å². The SMILES string of the molecule is CC(C)(C)c1cc2c3c(c1)N(c1ccc4ccccc4c1)c1cc4ccccc4cc1B3Oc1ccccc1-2. The molecule has 0 radical (unpaired) electrons. The Morgan fingerprint density at radius 1 is 0.590 bits per heavy atom. The molecule has 0 bridgehead atoms. The van der Waals surface area contributed by atoms with Crippen LogP contribution in [0.3, 0.4) is 0 Å². The molecule has 0 unspecified atom stereocenters. The van der Waals surface area contributed by atoms with Crippen molar-refractivity contribution >= 4 is 56.4 Å². The third kappa shape index (κ3) is 3.36. The summed E-state index contributed by atoms with van der Waals surface area (Å²) in [6, 6.07) is 42.0. The van der Waals surface area contributed by atoms with Gasteiger partial charge in [-0.05, 0) is 73.9 Å². The summed E-state index contributed by atoms with van der Waals surface area (Å²) in [5.41, 5.74) is 9.75. The highest BCUT2D eigenvalue weighted by molar-refractivity contribution is 6.85. The summed E-state index contributed by atoms with van der Waals surface area (Å²) in [4.78, 5) is 2.47. The molecule has 8 rings (SSSR count). The van der Waals surface area contributed by atoms with Gasteiger partial charge in [0.05, 0.1) is 0 Å². The van der Waals surface area contributed by atoms with Crippen LogP contribution in [-0.2, 0) is 5.41 Å². The van der Waals surface area contributed by atoms with E-state index < -0.39 is 0 Å². The molecule has 6 aromatic rings. The molecule has 0 aliphatic carbocycles. The van der Waals surface area contributed by atoms with Gasteiger partial charge in [-0.25, -0.2) is 0 Å². The highest BCUT2D eigenvalue weighted by Gasteiger charge is 2.43. The Morgan fingerprint density at radius 2 is 1.26 bits per heavy atom. The molecule has 2 nitrogen and oxygen atoms in total. The first-order valence-electron chi connectivity index (χ1n) is 13.7. The van der Waals surface area contributed by atoms with Gasteiger partial charge in [-0.1, -0.05) is 106 Å². The molecule has 0 saturated heterocycles. The summed E-state index contributed by atoms with van der Waals surface area (Å²) in [5.74, 6) is 0.949. The molecular formula is C36H28BNO. The molecule has 3 heteroatoms. The van der Waals surface area contributed by atoms with Crippen molar-refractivity contribution in [1.29, 1.82) is 0 Å². The molecule has 0 saturated carbocycles. The lowest BCUT2D eigenvalue weighted by molar-refractivity contribution is 0.584. The van der Waals surface area contributed by atoms with Gasteiger partial charge < -0.3 is 9.55 Å². The summed E-state index contributed by atoms with van der Waals surface area (Å²) in [6.45, 7) is 6.73. The maximum atomic E-state index is 6.87. The molecule has 0 fully saturated rings. The standard InChI is InChI=1S/C36H28BNO/c1-36(2,3)27-21-30-29-14-8-9-15-34(29)39-37-31-19-25-12-6-7-13-26(25)20-32(31)38(33(22-27)35(30)37)28-17-16-23-10-4-5-11-24(23)18-28/h4-22H,1-3H3. The molecular weight excluding hydrogens is 473 g/mol. The van der Waals surface area contributed by atoms with Crippen molar-refractivity contribution in [3.63, 3.8) is 0 Å². The van der Waals surface area contributed by atoms with Crippen molar-refractivity contribution in [3.05, 3.63) is 121 Å². The minimum atomic E-state index is -0.171. The average molecular weight is 501 g/mol. The highest BCUT2D eigenvalue weighted by Crippen LogP contribution is 2.45. The quantitative estimate of drug-likeness (QED) is 0.211. The predicted molar refractivity (Wildman–Crippen MR) is 166 cm³/mol. The molecule has 2 heterocycles. The smallest absolute Gasteiger partial charge is 0.431 e. The largest absolute Gasteiger partial charge is 0.551 e. The molecule has 0 aromatic heterocycles. The van der Waals surface area contributed by atoms with Gasteiger partial charge in [0, 0.05) is 28.1 Å². The van der Waals surface area contributed by atoms with E-state index in [2.05, 4.69) is 141 Å². The molecule has 39 heavy (non-hydrogen) atoms. The fourth-order valence-electron chi connectivity index (χ4n) is 6.32. The number of hydrogen-bond acceptors (Lipinski definition) is 2. The van der Waals surface area contributed by atoms with E-state index in [1.807, 2.05) is 0 Å². The number of nitrogens with zero attached hydrogens (tertiary/aromatic N) is 1. The van der Waals surface area contributed by atoms with Gasteiger partial charge in [0.15, 0.2) is 0 Å². The molecule has 2 aliphatic heterocycles. The average Bonchev–Trinajstić information content (AvgIpc) is 2.95. The van der Waals surface area contributed by atoms with Crippen LogP contribution in [0.4, 0.5) is 17.1 Å². The molecule has 0 amide bonds. The Bertz CT molecular complexity index is 1950. The fraction of sp³-hybridized carbons (Fsp3) is 0.111. The van der Waals surface area contributed by atoms with Crippen LogP contribution in [0.15, 0.2) is 115 Å². The second kappa shape index (κ2) is 8.00. The highest BCUT2D eigenvalue weighted by atomic mass is 16.4. The molecule has 2 aliphatic rings. The van der Waals surface area contributed by atoms with E-state index in [9.17, 15) is 0 Å². The van der Waals surface area contributed by atoms with Crippen molar-refractivity contribution in [2.75, 3.05) is 4.90 Å². The zero-order chi connectivity index (χ0) is 26.3. The molecule has 6 aromatic carbocycles. The van der Waals surface area contributed by atoms with E-state index in [1.54, 1.807) is 0 Å². The Kier molecular flexibility index (Phi) is 4.61. The van der Waals surface area contributed by atoms with Crippen LogP contribution in [-0.4, -0.2) is 6.92 Å². The zero-order valence-corrected chi connectivity index (χ0v) is 22.4. The van der Waals surface area contributed by atoms with Gasteiger partial charge in [0.2, 0.25) is 0 Å². The van der Waals surface area contributed by atoms with E-state index in [-0.39, 0.29) is 12.3 Å². The first-order valence-corrected chi connectivity index (χ1v) is 13.7. The van der Waals surface area contributed by atoms with Gasteiger partial charge in [-0.2, -0.15) is 0 Å². The van der Waals surface area contributed by atoms with Crippen molar-refractivity contribution < 1.29 is 4.65 Å². The van der Waals surface area contributed by atoms with Crippen molar-refractivity contribution in [3.8, 4) is 16.9 Å². The number of fused-ring (bicyclic) bond motifs is 6. The maximum Gasteiger partial charge on any atom is 0.431 e. The maximum absolute atomic E-state index is 6.87. The van der Waals surface area contributed by atoms with Gasteiger partial charge in [-0.15, -0.1) is 0 Å². The van der Waals surface area contributed by atoms with Gasteiger partial charge in [0.1, 0.15) is 5.75 Å². The third-order valence-electron chi connectivity index (χ3n) is 8.36. The van der Waals surface area contributed by atoms with Crippen molar-refractivity contribution in [2.24, 2.45) is 0 Å². The number of benzene rings is 6. The van der Waals surface area contributed by atoms with E-state index in [0.717, 1.165) is 11.4 Å². The van der Waals surface area contributed by atoms with Crippen molar-refractivity contribution in [1.82, 2.24) is 0 Å². The third-order valence-corrected chi connectivity index (χ3v) is 8.36. The summed E-state index contributed by atoms with van der Waals surface area (Å²) >= 11 is 0. The fourth-order valence-corrected chi connectivity index (χ4v) is 6.32. The Balaban J connectivity index is 1.50. The van der Waals surface area contributed by atoms with Crippen LogP contribution >= 0.6 is 0 Å². The number of rotatable bonds is 1. The van der Waals surface area contributed by atoms with Gasteiger partial charge >= 0.3 is 6.92 Å². The van der Waals surface area contributed by atoms with Crippen LogP contribution in [0.25, 0.3) is 32.7 Å². The minimum absolute atomic E-state index is 0.00695. The molecule has 0 atom stereocenters. The van der Waals surface area contributed by atoms with Crippen LogP contribution < -0.4 is 20.5 Å². The molecule has 186 valence electrons. The first kappa shape index (κ1) is 22.5. The lowest BCUT2D eigenvalue weighted by atomic mass is 9.49. The van der Waals surface area contributed by atoms with Crippen LogP contribution in [0.1, 0.15) is 26.3 Å². The lowest BCUT2D eigenvalue weighted by Gasteiger charge is -2.41. The van der Waals surface area contributed by atoms with E-state index in [4.69, 9.17) is 4.65 Å². The minimum Gasteiger partial charge on any atom is -0.551 e. The Labute approximate surface area is 229 Å². The van der Waals surface area contributed by atoms with Crippen LogP contribution in [0.5, 0.6) is 5.75 Å². The van der Waals surface area contributed by atoms with E-state index in [0.29, 0.717) is 0 Å². The van der Waals surface area contributed by atoms with Crippen molar-refractivity contribution in [2.45, 2.75) is 26.2 Å². The lowest BCUT2D eigenvalue weighted by Crippen LogP contribution is -2.56. The number of para-hydroxylation sites is 1. The number of hydrogen-bond donors (Lipinski definition) is 0.